The summed E-state index contributed by atoms with van der Waals surface area (Å²) in [6.07, 6.45) is 5.57. The predicted molar refractivity (Wildman–Crippen MR) is 197 cm³/mol. The summed E-state index contributed by atoms with van der Waals surface area (Å²) in [4.78, 5) is 19.8. The summed E-state index contributed by atoms with van der Waals surface area (Å²) >= 11 is 0. The normalized spacial score (nSPS) is 11.3. The van der Waals surface area contributed by atoms with Crippen molar-refractivity contribution in [2.24, 2.45) is 0 Å². The number of hydrogen-bond donors (Lipinski definition) is 0. The predicted octanol–water partition coefficient (Wildman–Crippen LogP) is 11.1. The molecule has 0 fully saturated rings. The Balaban J connectivity index is 1.26. The number of pyridine rings is 2. The van der Waals surface area contributed by atoms with Gasteiger partial charge in [0.25, 0.3) is 0 Å². The van der Waals surface area contributed by atoms with E-state index < -0.39 is 0 Å². The molecule has 0 saturated carbocycles. The van der Waals surface area contributed by atoms with Gasteiger partial charge in [-0.15, -0.1) is 0 Å². The molecule has 4 heteroatoms. The van der Waals surface area contributed by atoms with Gasteiger partial charge in [-0.2, -0.15) is 0 Å². The molecule has 4 nitrogen and oxygen atoms in total. The van der Waals surface area contributed by atoms with E-state index >= 15 is 0 Å². The van der Waals surface area contributed by atoms with Crippen LogP contribution in [-0.2, 0) is 0 Å². The van der Waals surface area contributed by atoms with Gasteiger partial charge in [-0.3, -0.25) is 9.97 Å². The second-order valence-corrected chi connectivity index (χ2v) is 12.0. The fourth-order valence-electron chi connectivity index (χ4n) is 6.57. The van der Waals surface area contributed by atoms with Crippen LogP contribution in [0.15, 0.2) is 170 Å². The molecule has 9 aromatic rings. The van der Waals surface area contributed by atoms with Gasteiger partial charge in [-0.25, -0.2) is 9.97 Å². The number of benzene rings is 6. The molecule has 0 atom stereocenters. The molecule has 3 heterocycles. The Bertz CT molecular complexity index is 2610. The molecule has 0 unspecified atom stereocenters. The van der Waals surface area contributed by atoms with Crippen LogP contribution in [0.25, 0.3) is 88.6 Å². The first kappa shape index (κ1) is 27.8. The molecule has 48 heavy (non-hydrogen) atoms. The molecule has 0 aliphatic rings. The molecular formula is C44H28N4. The van der Waals surface area contributed by atoms with Crippen molar-refractivity contribution in [3.8, 4) is 56.2 Å². The molecule has 3 aromatic heterocycles. The Hall–Kier alpha value is -6.52. The minimum atomic E-state index is 0.659. The summed E-state index contributed by atoms with van der Waals surface area (Å²) in [5.41, 5.74) is 10.0. The van der Waals surface area contributed by atoms with Crippen molar-refractivity contribution in [1.29, 1.82) is 0 Å². The van der Waals surface area contributed by atoms with E-state index in [2.05, 4.69) is 145 Å². The Labute approximate surface area is 278 Å². The Morgan fingerprint density at radius 2 is 1.08 bits per heavy atom. The van der Waals surface area contributed by atoms with Crippen LogP contribution < -0.4 is 0 Å². The summed E-state index contributed by atoms with van der Waals surface area (Å²) in [5, 5.41) is 5.70. The van der Waals surface area contributed by atoms with Gasteiger partial charge in [0.1, 0.15) is 0 Å². The topological polar surface area (TPSA) is 51.6 Å². The van der Waals surface area contributed by atoms with Crippen LogP contribution in [0.5, 0.6) is 0 Å². The standard InChI is InChI=1S/C44H28N4/c1-2-11-31(12-3-1)43-40-27-34(33-17-16-29-9-4-5-13-32(29)23-33)18-19-41(40)47-44(48-43)38-25-36(35-14-8-21-45-28-35)24-37(26-38)42-39-15-7-6-10-30(39)20-22-46-42/h1-28H. The minimum absolute atomic E-state index is 0.659. The van der Waals surface area contributed by atoms with E-state index in [9.17, 15) is 0 Å². The zero-order valence-electron chi connectivity index (χ0n) is 26.0. The van der Waals surface area contributed by atoms with Crippen molar-refractivity contribution < 1.29 is 0 Å². The third kappa shape index (κ3) is 5.06. The maximum atomic E-state index is 5.31. The first-order valence-corrected chi connectivity index (χ1v) is 16.0. The summed E-state index contributed by atoms with van der Waals surface area (Å²) in [6.45, 7) is 0. The lowest BCUT2D eigenvalue weighted by Crippen LogP contribution is -1.97. The van der Waals surface area contributed by atoms with E-state index in [-0.39, 0.29) is 0 Å². The fourth-order valence-corrected chi connectivity index (χ4v) is 6.57. The highest BCUT2D eigenvalue weighted by atomic mass is 14.9. The van der Waals surface area contributed by atoms with E-state index in [1.807, 2.05) is 24.5 Å². The average Bonchev–Trinajstić information content (AvgIpc) is 3.17. The van der Waals surface area contributed by atoms with E-state index in [1.165, 1.54) is 10.8 Å². The highest BCUT2D eigenvalue weighted by Gasteiger charge is 2.16. The fraction of sp³-hybridized carbons (Fsp3) is 0. The van der Waals surface area contributed by atoms with Crippen LogP contribution in [0.4, 0.5) is 0 Å². The monoisotopic (exact) mass is 612 g/mol. The van der Waals surface area contributed by atoms with Crippen LogP contribution in [0, 0.1) is 0 Å². The Morgan fingerprint density at radius 1 is 0.354 bits per heavy atom. The Morgan fingerprint density at radius 3 is 1.96 bits per heavy atom. The molecule has 9 rings (SSSR count). The van der Waals surface area contributed by atoms with E-state index in [0.29, 0.717) is 5.82 Å². The van der Waals surface area contributed by atoms with Crippen LogP contribution in [0.1, 0.15) is 0 Å². The zero-order valence-corrected chi connectivity index (χ0v) is 26.0. The number of fused-ring (bicyclic) bond motifs is 3. The van der Waals surface area contributed by atoms with Crippen LogP contribution in [-0.4, -0.2) is 19.9 Å². The first-order valence-electron chi connectivity index (χ1n) is 16.0. The van der Waals surface area contributed by atoms with Crippen LogP contribution in [0.3, 0.4) is 0 Å². The van der Waals surface area contributed by atoms with Crippen molar-refractivity contribution in [3.63, 3.8) is 0 Å². The summed E-state index contributed by atoms with van der Waals surface area (Å²) in [7, 11) is 0. The molecule has 6 aromatic carbocycles. The summed E-state index contributed by atoms with van der Waals surface area (Å²) in [5.74, 6) is 0.659. The molecule has 224 valence electrons. The highest BCUT2D eigenvalue weighted by molar-refractivity contribution is 5.99. The Kier molecular flexibility index (Phi) is 6.76. The van der Waals surface area contributed by atoms with Gasteiger partial charge in [0.2, 0.25) is 0 Å². The smallest absolute Gasteiger partial charge is 0.160 e. The number of rotatable bonds is 5. The molecule has 0 amide bonds. The molecule has 0 N–H and O–H groups in total. The van der Waals surface area contributed by atoms with Crippen molar-refractivity contribution in [1.82, 2.24) is 19.9 Å². The first-order chi connectivity index (χ1) is 23.8. The van der Waals surface area contributed by atoms with E-state index in [4.69, 9.17) is 15.0 Å². The lowest BCUT2D eigenvalue weighted by atomic mass is 9.96. The van der Waals surface area contributed by atoms with Gasteiger partial charge < -0.3 is 0 Å². The molecule has 0 aliphatic heterocycles. The molecule has 0 spiro atoms. The van der Waals surface area contributed by atoms with E-state index in [0.717, 1.165) is 72.0 Å². The summed E-state index contributed by atoms with van der Waals surface area (Å²) in [6, 6.07) is 53.0. The van der Waals surface area contributed by atoms with Crippen molar-refractivity contribution >= 4 is 32.4 Å². The number of nitrogens with zero attached hydrogens (tertiary/aromatic N) is 4. The van der Waals surface area contributed by atoms with Gasteiger partial charge in [0.05, 0.1) is 16.9 Å². The van der Waals surface area contributed by atoms with Crippen LogP contribution in [0.2, 0.25) is 0 Å². The number of hydrogen-bond acceptors (Lipinski definition) is 4. The summed E-state index contributed by atoms with van der Waals surface area (Å²) < 4.78 is 0. The van der Waals surface area contributed by atoms with Crippen molar-refractivity contribution in [3.05, 3.63) is 170 Å². The van der Waals surface area contributed by atoms with Gasteiger partial charge in [-0.1, -0.05) is 103 Å². The second-order valence-electron chi connectivity index (χ2n) is 12.0. The SMILES string of the molecule is c1ccc(-c2nc(-c3cc(-c4cccnc4)cc(-c4nccc5ccccc45)c3)nc3ccc(-c4ccc5ccccc5c4)cc23)cc1. The molecule has 0 radical (unpaired) electrons. The quantitative estimate of drug-likeness (QED) is 0.194. The maximum absolute atomic E-state index is 5.31. The van der Waals surface area contributed by atoms with Crippen molar-refractivity contribution in [2.75, 3.05) is 0 Å². The zero-order chi connectivity index (χ0) is 31.9. The highest BCUT2D eigenvalue weighted by Crippen LogP contribution is 2.37. The lowest BCUT2D eigenvalue weighted by molar-refractivity contribution is 1.23. The third-order valence-corrected chi connectivity index (χ3v) is 8.96. The second kappa shape index (κ2) is 11.7. The van der Waals surface area contributed by atoms with Crippen LogP contribution >= 0.6 is 0 Å². The maximum Gasteiger partial charge on any atom is 0.160 e. The average molecular weight is 613 g/mol. The van der Waals surface area contributed by atoms with Gasteiger partial charge in [0.15, 0.2) is 5.82 Å². The largest absolute Gasteiger partial charge is 0.264 e. The minimum Gasteiger partial charge on any atom is -0.264 e. The third-order valence-electron chi connectivity index (χ3n) is 8.96. The molecular weight excluding hydrogens is 585 g/mol. The molecule has 0 bridgehead atoms. The van der Waals surface area contributed by atoms with E-state index in [1.54, 1.807) is 6.20 Å². The van der Waals surface area contributed by atoms with Gasteiger partial charge >= 0.3 is 0 Å². The van der Waals surface area contributed by atoms with Gasteiger partial charge in [0, 0.05) is 51.6 Å². The lowest BCUT2D eigenvalue weighted by Gasteiger charge is -2.14. The van der Waals surface area contributed by atoms with Gasteiger partial charge in [-0.05, 0) is 81.4 Å². The molecule has 0 aliphatic carbocycles. The van der Waals surface area contributed by atoms with Crippen molar-refractivity contribution in [2.45, 2.75) is 0 Å². The number of aromatic nitrogens is 4. The molecule has 0 saturated heterocycles.